The van der Waals surface area contributed by atoms with Crippen LogP contribution in [-0.4, -0.2) is 64.3 Å². The summed E-state index contributed by atoms with van der Waals surface area (Å²) in [5.41, 5.74) is -2.43. The third kappa shape index (κ3) is 3.31. The van der Waals surface area contributed by atoms with Gasteiger partial charge in [0.25, 0.3) is 0 Å². The van der Waals surface area contributed by atoms with E-state index in [0.717, 1.165) is 6.92 Å². The van der Waals surface area contributed by atoms with E-state index in [1.807, 2.05) is 16.0 Å². The van der Waals surface area contributed by atoms with Gasteiger partial charge in [0, 0.05) is 0 Å². The molecule has 1 unspecified atom stereocenters. The smallest absolute Gasteiger partial charge is 0.302 e. The number of hydrogen-bond acceptors (Lipinski definition) is 9. The van der Waals surface area contributed by atoms with Crippen LogP contribution in [0, 0.1) is 0 Å². The minimum atomic E-state index is -5.00. The summed E-state index contributed by atoms with van der Waals surface area (Å²) in [6, 6.07) is 0. The van der Waals surface area contributed by atoms with Crippen molar-refractivity contribution in [2.45, 2.75) is 17.6 Å². The van der Waals surface area contributed by atoms with Gasteiger partial charge in [-0.05, 0) is 6.92 Å². The first-order valence-corrected chi connectivity index (χ1v) is 5.89. The van der Waals surface area contributed by atoms with Crippen molar-refractivity contribution in [2.24, 2.45) is 0 Å². The van der Waals surface area contributed by atoms with Crippen molar-refractivity contribution in [3.63, 3.8) is 0 Å². The Morgan fingerprint density at radius 1 is 1.00 bits per heavy atom. The number of aliphatic hydroxyl groups is 4. The Morgan fingerprint density at radius 2 is 1.35 bits per heavy atom. The minimum absolute atomic E-state index is 0.815. The van der Waals surface area contributed by atoms with Gasteiger partial charge >= 0.3 is 10.1 Å². The summed E-state index contributed by atoms with van der Waals surface area (Å²) < 4.78 is 31.7. The normalized spacial score (nSPS) is 16.8. The number of nitrogens with one attached hydrogen (secondary N) is 3. The van der Waals surface area contributed by atoms with Gasteiger partial charge in [0.2, 0.25) is 4.99 Å². The summed E-state index contributed by atoms with van der Waals surface area (Å²) >= 11 is 0. The molecule has 0 heterocycles. The SMILES string of the molecule is CC(O)(NCO)C(NCO)(NCO)S(=O)(=O)O. The topological polar surface area (TPSA) is 171 Å². The third-order valence-corrected chi connectivity index (χ3v) is 3.61. The molecule has 0 aliphatic heterocycles. The van der Waals surface area contributed by atoms with Gasteiger partial charge in [-0.1, -0.05) is 0 Å². The zero-order valence-electron chi connectivity index (χ0n) is 9.08. The molecular weight excluding hydrogens is 258 g/mol. The first kappa shape index (κ1) is 16.6. The summed E-state index contributed by atoms with van der Waals surface area (Å²) in [5, 5.41) is 41.7. The Bertz CT molecular complexity index is 325. The highest BCUT2D eigenvalue weighted by molar-refractivity contribution is 7.87. The van der Waals surface area contributed by atoms with E-state index in [4.69, 9.17) is 19.9 Å². The van der Waals surface area contributed by atoms with Gasteiger partial charge in [0.1, 0.15) is 0 Å². The van der Waals surface area contributed by atoms with Gasteiger partial charge in [-0.15, -0.1) is 0 Å². The molecule has 0 bridgehead atoms. The molecule has 11 heteroatoms. The Kier molecular flexibility index (Phi) is 5.86. The lowest BCUT2D eigenvalue weighted by molar-refractivity contribution is -0.0746. The molecule has 104 valence electrons. The second-order valence-corrected chi connectivity index (χ2v) is 4.80. The number of hydrogen-bond donors (Lipinski definition) is 8. The maximum absolute atomic E-state index is 11.3. The fraction of sp³-hybridized carbons (Fsp3) is 1.00. The van der Waals surface area contributed by atoms with Crippen molar-refractivity contribution >= 4 is 10.1 Å². The summed E-state index contributed by atoms with van der Waals surface area (Å²) in [6.45, 7) is -1.78. The zero-order chi connectivity index (χ0) is 13.7. The van der Waals surface area contributed by atoms with E-state index in [1.165, 1.54) is 0 Å². The lowest BCUT2D eigenvalue weighted by Crippen LogP contribution is -2.78. The molecule has 0 saturated carbocycles. The van der Waals surface area contributed by atoms with Crippen LogP contribution in [0.3, 0.4) is 0 Å². The van der Waals surface area contributed by atoms with Crippen LogP contribution in [0.2, 0.25) is 0 Å². The fourth-order valence-corrected chi connectivity index (χ4v) is 2.41. The van der Waals surface area contributed by atoms with Gasteiger partial charge in [0.05, 0.1) is 20.2 Å². The van der Waals surface area contributed by atoms with E-state index in [1.54, 1.807) is 0 Å². The standard InChI is InChI=1S/C6H17N3O7S/c1-5(13,7-2-10)6(8-3-11,9-4-12)17(14,15)16/h7-13H,2-4H2,1H3,(H,14,15,16). The Hall–Kier alpha value is -0.370. The average Bonchev–Trinajstić information content (AvgIpc) is 2.15. The molecule has 0 rings (SSSR count). The van der Waals surface area contributed by atoms with Crippen LogP contribution in [0.15, 0.2) is 0 Å². The Labute approximate surface area is 98.0 Å². The molecule has 8 N–H and O–H groups in total. The highest BCUT2D eigenvalue weighted by atomic mass is 32.2. The lowest BCUT2D eigenvalue weighted by Gasteiger charge is -2.42. The third-order valence-electron chi connectivity index (χ3n) is 2.15. The molecule has 0 aromatic carbocycles. The minimum Gasteiger partial charge on any atom is -0.381 e. The molecule has 0 aromatic heterocycles. The molecule has 0 radical (unpaired) electrons. The van der Waals surface area contributed by atoms with Crippen molar-refractivity contribution < 1.29 is 33.4 Å². The van der Waals surface area contributed by atoms with Crippen molar-refractivity contribution in [1.29, 1.82) is 0 Å². The highest BCUT2D eigenvalue weighted by Gasteiger charge is 2.56. The molecule has 0 spiro atoms. The quantitative estimate of drug-likeness (QED) is 0.160. The van der Waals surface area contributed by atoms with Crippen molar-refractivity contribution in [3.8, 4) is 0 Å². The Balaban J connectivity index is 5.62. The Morgan fingerprint density at radius 3 is 1.59 bits per heavy atom. The van der Waals surface area contributed by atoms with Gasteiger partial charge in [0.15, 0.2) is 5.72 Å². The van der Waals surface area contributed by atoms with Crippen LogP contribution in [0.1, 0.15) is 6.92 Å². The second kappa shape index (κ2) is 5.99. The molecule has 0 fully saturated rings. The monoisotopic (exact) mass is 275 g/mol. The van der Waals surface area contributed by atoms with Crippen LogP contribution in [0.5, 0.6) is 0 Å². The summed E-state index contributed by atoms with van der Waals surface area (Å²) in [4.78, 5) is -2.70. The molecule has 10 nitrogen and oxygen atoms in total. The van der Waals surface area contributed by atoms with Crippen molar-refractivity contribution in [1.82, 2.24) is 16.0 Å². The van der Waals surface area contributed by atoms with E-state index in [0.29, 0.717) is 0 Å². The van der Waals surface area contributed by atoms with Crippen LogP contribution < -0.4 is 16.0 Å². The van der Waals surface area contributed by atoms with Crippen molar-refractivity contribution in [3.05, 3.63) is 0 Å². The molecule has 0 aliphatic carbocycles. The van der Waals surface area contributed by atoms with E-state index in [2.05, 4.69) is 0 Å². The van der Waals surface area contributed by atoms with Gasteiger partial charge in [-0.25, -0.2) is 0 Å². The van der Waals surface area contributed by atoms with Gasteiger partial charge in [-0.3, -0.25) is 20.5 Å². The summed E-state index contributed by atoms with van der Waals surface area (Å²) in [7, 11) is -5.00. The predicted octanol–water partition coefficient (Wildman–Crippen LogP) is -4.15. The average molecular weight is 275 g/mol. The van der Waals surface area contributed by atoms with E-state index < -0.39 is 41.0 Å². The van der Waals surface area contributed by atoms with E-state index in [-0.39, 0.29) is 0 Å². The highest BCUT2D eigenvalue weighted by Crippen LogP contribution is 2.22. The molecule has 0 saturated heterocycles. The van der Waals surface area contributed by atoms with Crippen LogP contribution in [-0.2, 0) is 10.1 Å². The maximum atomic E-state index is 11.3. The molecule has 0 aliphatic rings. The first-order valence-electron chi connectivity index (χ1n) is 4.45. The van der Waals surface area contributed by atoms with Crippen LogP contribution in [0.25, 0.3) is 0 Å². The van der Waals surface area contributed by atoms with Crippen LogP contribution >= 0.6 is 0 Å². The molecular formula is C6H17N3O7S. The molecule has 1 atom stereocenters. The fourth-order valence-electron chi connectivity index (χ4n) is 1.34. The van der Waals surface area contributed by atoms with Gasteiger partial charge < -0.3 is 20.4 Å². The predicted molar refractivity (Wildman–Crippen MR) is 55.6 cm³/mol. The number of rotatable bonds is 8. The second-order valence-electron chi connectivity index (χ2n) is 3.23. The summed E-state index contributed by atoms with van der Waals surface area (Å²) in [6.07, 6.45) is 0. The molecule has 0 amide bonds. The summed E-state index contributed by atoms with van der Waals surface area (Å²) in [5.74, 6) is 0. The van der Waals surface area contributed by atoms with E-state index >= 15 is 0 Å². The lowest BCUT2D eigenvalue weighted by atomic mass is 10.2. The molecule has 0 aromatic rings. The molecule has 17 heavy (non-hydrogen) atoms. The van der Waals surface area contributed by atoms with E-state index in [9.17, 15) is 13.5 Å². The van der Waals surface area contributed by atoms with Gasteiger partial charge in [-0.2, -0.15) is 8.42 Å². The van der Waals surface area contributed by atoms with Crippen molar-refractivity contribution in [2.75, 3.05) is 20.2 Å². The maximum Gasteiger partial charge on any atom is 0.302 e. The zero-order valence-corrected chi connectivity index (χ0v) is 9.90. The number of aliphatic hydroxyl groups excluding tert-OH is 3. The first-order chi connectivity index (χ1) is 7.68. The largest absolute Gasteiger partial charge is 0.381 e. The van der Waals surface area contributed by atoms with Crippen LogP contribution in [0.4, 0.5) is 0 Å².